The van der Waals surface area contributed by atoms with Gasteiger partial charge < -0.3 is 14.8 Å². The first-order chi connectivity index (χ1) is 10.7. The zero-order valence-electron chi connectivity index (χ0n) is 13.7. The van der Waals surface area contributed by atoms with E-state index in [0.717, 1.165) is 29.9 Å². The summed E-state index contributed by atoms with van der Waals surface area (Å²) in [5, 5.41) is 3.18. The smallest absolute Gasteiger partial charge is 0.220 e. The molecule has 122 valence electrons. The summed E-state index contributed by atoms with van der Waals surface area (Å²) in [6, 6.07) is 6.06. The number of hydrogen-bond acceptors (Lipinski definition) is 3. The van der Waals surface area contributed by atoms with E-state index in [1.807, 2.05) is 18.2 Å². The van der Waals surface area contributed by atoms with Crippen molar-refractivity contribution in [3.8, 4) is 11.5 Å². The van der Waals surface area contributed by atoms with Gasteiger partial charge >= 0.3 is 0 Å². The van der Waals surface area contributed by atoms with Crippen molar-refractivity contribution in [2.24, 2.45) is 0 Å². The minimum atomic E-state index is 0.136. The summed E-state index contributed by atoms with van der Waals surface area (Å²) < 4.78 is 10.6. The molecule has 0 radical (unpaired) electrons. The fourth-order valence-corrected chi connectivity index (χ4v) is 3.05. The molecule has 4 nitrogen and oxygen atoms in total. The van der Waals surface area contributed by atoms with E-state index in [9.17, 15) is 4.79 Å². The molecule has 1 aromatic rings. The number of amides is 1. The van der Waals surface area contributed by atoms with Crippen LogP contribution in [0.2, 0.25) is 0 Å². The van der Waals surface area contributed by atoms with Crippen LogP contribution in [0.15, 0.2) is 18.2 Å². The van der Waals surface area contributed by atoms with Crippen LogP contribution in [0.25, 0.3) is 0 Å². The largest absolute Gasteiger partial charge is 0.497 e. The number of aryl methyl sites for hydroxylation is 1. The predicted octanol–water partition coefficient (Wildman–Crippen LogP) is 3.48. The van der Waals surface area contributed by atoms with E-state index in [0.29, 0.717) is 18.9 Å². The predicted molar refractivity (Wildman–Crippen MR) is 87.5 cm³/mol. The summed E-state index contributed by atoms with van der Waals surface area (Å²) >= 11 is 0. The lowest BCUT2D eigenvalue weighted by Gasteiger charge is -2.16. The average Bonchev–Trinajstić information content (AvgIpc) is 2.81. The lowest BCUT2D eigenvalue weighted by Crippen LogP contribution is -2.34. The molecule has 1 N–H and O–H groups in total. The van der Waals surface area contributed by atoms with Gasteiger partial charge in [0.1, 0.15) is 11.5 Å². The fourth-order valence-electron chi connectivity index (χ4n) is 3.05. The van der Waals surface area contributed by atoms with Gasteiger partial charge in [-0.2, -0.15) is 0 Å². The minimum absolute atomic E-state index is 0.136. The van der Waals surface area contributed by atoms with Crippen molar-refractivity contribution in [3.63, 3.8) is 0 Å². The molecule has 2 rings (SSSR count). The Balaban J connectivity index is 1.87. The van der Waals surface area contributed by atoms with Crippen molar-refractivity contribution in [2.45, 2.75) is 57.4 Å². The summed E-state index contributed by atoms with van der Waals surface area (Å²) in [6.45, 7) is 0. The number of methoxy groups -OCH3 is 2. The maximum Gasteiger partial charge on any atom is 0.220 e. The van der Waals surface area contributed by atoms with Gasteiger partial charge in [0, 0.05) is 12.5 Å². The normalized spacial score (nSPS) is 15.9. The number of carbonyl (C=O) groups is 1. The van der Waals surface area contributed by atoms with Crippen molar-refractivity contribution in [3.05, 3.63) is 23.8 Å². The van der Waals surface area contributed by atoms with Gasteiger partial charge in [0.25, 0.3) is 0 Å². The van der Waals surface area contributed by atoms with Crippen LogP contribution in [0.1, 0.15) is 50.5 Å². The topological polar surface area (TPSA) is 47.6 Å². The van der Waals surface area contributed by atoms with Gasteiger partial charge in [0.2, 0.25) is 5.91 Å². The SMILES string of the molecule is COc1ccc(OC)c(CCC(=O)NC2CCCCCC2)c1. The van der Waals surface area contributed by atoms with E-state index in [2.05, 4.69) is 5.32 Å². The number of rotatable bonds is 6. The molecule has 1 aliphatic rings. The van der Waals surface area contributed by atoms with Crippen molar-refractivity contribution < 1.29 is 14.3 Å². The lowest BCUT2D eigenvalue weighted by molar-refractivity contribution is -0.121. The highest BCUT2D eigenvalue weighted by Gasteiger charge is 2.15. The van der Waals surface area contributed by atoms with Gasteiger partial charge in [0.15, 0.2) is 0 Å². The Morgan fingerprint density at radius 3 is 2.50 bits per heavy atom. The standard InChI is InChI=1S/C18H27NO3/c1-21-16-10-11-17(22-2)14(13-16)9-12-18(20)19-15-7-5-3-4-6-8-15/h10-11,13,15H,3-9,12H2,1-2H3,(H,19,20). The van der Waals surface area contributed by atoms with Crippen LogP contribution in [-0.2, 0) is 11.2 Å². The van der Waals surface area contributed by atoms with Crippen molar-refractivity contribution >= 4 is 5.91 Å². The van der Waals surface area contributed by atoms with Crippen molar-refractivity contribution in [2.75, 3.05) is 14.2 Å². The number of nitrogens with one attached hydrogen (secondary N) is 1. The third-order valence-electron chi connectivity index (χ3n) is 4.33. The van der Waals surface area contributed by atoms with Crippen LogP contribution in [0.5, 0.6) is 11.5 Å². The molecule has 0 aliphatic heterocycles. The highest BCUT2D eigenvalue weighted by molar-refractivity contribution is 5.76. The Bertz CT molecular complexity index is 479. The van der Waals surface area contributed by atoms with E-state index in [-0.39, 0.29) is 5.91 Å². The first-order valence-electron chi connectivity index (χ1n) is 8.23. The second kappa shape index (κ2) is 8.66. The summed E-state index contributed by atoms with van der Waals surface area (Å²) in [4.78, 5) is 12.2. The molecule has 1 aromatic carbocycles. The van der Waals surface area contributed by atoms with Crippen molar-refractivity contribution in [1.29, 1.82) is 0 Å². The van der Waals surface area contributed by atoms with Crippen LogP contribution >= 0.6 is 0 Å². The first-order valence-corrected chi connectivity index (χ1v) is 8.23. The summed E-state index contributed by atoms with van der Waals surface area (Å²) in [7, 11) is 3.29. The lowest BCUT2D eigenvalue weighted by atomic mass is 10.1. The third kappa shape index (κ3) is 4.93. The molecule has 4 heteroatoms. The molecule has 0 heterocycles. The molecule has 1 saturated carbocycles. The first kappa shape index (κ1) is 16.7. The third-order valence-corrected chi connectivity index (χ3v) is 4.33. The van der Waals surface area contributed by atoms with Crippen LogP contribution in [-0.4, -0.2) is 26.2 Å². The molecule has 1 fully saturated rings. The molecule has 0 unspecified atom stereocenters. The highest BCUT2D eigenvalue weighted by atomic mass is 16.5. The number of ether oxygens (including phenoxy) is 2. The molecule has 0 spiro atoms. The van der Waals surface area contributed by atoms with E-state index >= 15 is 0 Å². The Morgan fingerprint density at radius 1 is 1.14 bits per heavy atom. The molecule has 0 saturated heterocycles. The van der Waals surface area contributed by atoms with Crippen LogP contribution in [0, 0.1) is 0 Å². The monoisotopic (exact) mass is 305 g/mol. The highest BCUT2D eigenvalue weighted by Crippen LogP contribution is 2.25. The second-order valence-electron chi connectivity index (χ2n) is 5.93. The fraction of sp³-hybridized carbons (Fsp3) is 0.611. The van der Waals surface area contributed by atoms with Crippen LogP contribution < -0.4 is 14.8 Å². The molecule has 0 aromatic heterocycles. The quantitative estimate of drug-likeness (QED) is 0.819. The average molecular weight is 305 g/mol. The van der Waals surface area contributed by atoms with Gasteiger partial charge in [0.05, 0.1) is 14.2 Å². The molecule has 0 atom stereocenters. The van der Waals surface area contributed by atoms with E-state index < -0.39 is 0 Å². The molecular formula is C18H27NO3. The van der Waals surface area contributed by atoms with Crippen LogP contribution in [0.4, 0.5) is 0 Å². The zero-order valence-corrected chi connectivity index (χ0v) is 13.7. The Labute approximate surface area is 133 Å². The zero-order chi connectivity index (χ0) is 15.8. The van der Waals surface area contributed by atoms with Gasteiger partial charge in [-0.15, -0.1) is 0 Å². The van der Waals surface area contributed by atoms with Gasteiger partial charge in [-0.05, 0) is 43.0 Å². The summed E-state index contributed by atoms with van der Waals surface area (Å²) in [5.74, 6) is 1.74. The Kier molecular flexibility index (Phi) is 6.56. The molecule has 1 amide bonds. The molecule has 1 aliphatic carbocycles. The number of hydrogen-bond donors (Lipinski definition) is 1. The van der Waals surface area contributed by atoms with Crippen LogP contribution in [0.3, 0.4) is 0 Å². The number of benzene rings is 1. The Hall–Kier alpha value is -1.71. The van der Waals surface area contributed by atoms with E-state index in [1.54, 1.807) is 14.2 Å². The maximum atomic E-state index is 12.2. The van der Waals surface area contributed by atoms with E-state index in [1.165, 1.54) is 25.7 Å². The van der Waals surface area contributed by atoms with Gasteiger partial charge in [-0.1, -0.05) is 25.7 Å². The summed E-state index contributed by atoms with van der Waals surface area (Å²) in [5.41, 5.74) is 1.01. The summed E-state index contributed by atoms with van der Waals surface area (Å²) in [6.07, 6.45) is 8.45. The minimum Gasteiger partial charge on any atom is -0.497 e. The number of carbonyl (C=O) groups excluding carboxylic acids is 1. The van der Waals surface area contributed by atoms with Crippen molar-refractivity contribution in [1.82, 2.24) is 5.32 Å². The second-order valence-corrected chi connectivity index (χ2v) is 5.93. The maximum absolute atomic E-state index is 12.2. The molecule has 22 heavy (non-hydrogen) atoms. The Morgan fingerprint density at radius 2 is 1.86 bits per heavy atom. The molecular weight excluding hydrogens is 278 g/mol. The van der Waals surface area contributed by atoms with E-state index in [4.69, 9.17) is 9.47 Å². The van der Waals surface area contributed by atoms with Gasteiger partial charge in [-0.3, -0.25) is 4.79 Å². The molecule has 0 bridgehead atoms. The van der Waals surface area contributed by atoms with Gasteiger partial charge in [-0.25, -0.2) is 0 Å².